The van der Waals surface area contributed by atoms with E-state index in [0.29, 0.717) is 42.0 Å². The van der Waals surface area contributed by atoms with Crippen molar-refractivity contribution in [1.82, 2.24) is 4.90 Å². The van der Waals surface area contributed by atoms with Crippen molar-refractivity contribution in [3.8, 4) is 5.75 Å². The van der Waals surface area contributed by atoms with Gasteiger partial charge in [0.05, 0.1) is 10.0 Å². The molecule has 1 heterocycles. The Bertz CT molecular complexity index is 747. The molecule has 25 heavy (non-hydrogen) atoms. The Labute approximate surface area is 155 Å². The van der Waals surface area contributed by atoms with Gasteiger partial charge in [0.25, 0.3) is 5.91 Å². The number of nitrogens with zero attached hydrogens (tertiary/aromatic N) is 2. The number of hydrogen-bond acceptors (Lipinski definition) is 3. The van der Waals surface area contributed by atoms with E-state index in [1.165, 1.54) is 12.1 Å². The minimum Gasteiger partial charge on any atom is -0.484 e. The number of anilines is 1. The number of ether oxygens (including phenoxy) is 1. The Balaban J connectivity index is 1.49. The van der Waals surface area contributed by atoms with E-state index < -0.39 is 0 Å². The van der Waals surface area contributed by atoms with Crippen molar-refractivity contribution in [1.29, 1.82) is 0 Å². The molecule has 0 aliphatic carbocycles. The monoisotopic (exact) mass is 382 g/mol. The number of rotatable bonds is 4. The lowest BCUT2D eigenvalue weighted by Crippen LogP contribution is -2.50. The highest BCUT2D eigenvalue weighted by molar-refractivity contribution is 6.42. The summed E-state index contributed by atoms with van der Waals surface area (Å²) in [6.45, 7) is 2.55. The van der Waals surface area contributed by atoms with Gasteiger partial charge in [-0.25, -0.2) is 4.39 Å². The van der Waals surface area contributed by atoms with Gasteiger partial charge in [-0.3, -0.25) is 4.79 Å². The fraction of sp³-hybridized carbons (Fsp3) is 0.278. The topological polar surface area (TPSA) is 32.8 Å². The smallest absolute Gasteiger partial charge is 0.260 e. The lowest BCUT2D eigenvalue weighted by Gasteiger charge is -2.36. The van der Waals surface area contributed by atoms with Gasteiger partial charge < -0.3 is 14.5 Å². The molecule has 0 saturated carbocycles. The van der Waals surface area contributed by atoms with Crippen molar-refractivity contribution in [3.63, 3.8) is 0 Å². The minimum atomic E-state index is -0.253. The van der Waals surface area contributed by atoms with Gasteiger partial charge in [0.2, 0.25) is 0 Å². The summed E-state index contributed by atoms with van der Waals surface area (Å²) in [5, 5.41) is 0.830. The number of hydrogen-bond donors (Lipinski definition) is 0. The molecule has 0 atom stereocenters. The zero-order valence-corrected chi connectivity index (χ0v) is 14.9. The van der Waals surface area contributed by atoms with Crippen LogP contribution in [0.3, 0.4) is 0 Å². The molecular formula is C18H17Cl2FN2O2. The Morgan fingerprint density at radius 1 is 1.00 bits per heavy atom. The number of benzene rings is 2. The molecule has 0 N–H and O–H groups in total. The maximum atomic E-state index is 13.0. The van der Waals surface area contributed by atoms with E-state index in [9.17, 15) is 9.18 Å². The first-order valence-electron chi connectivity index (χ1n) is 7.89. The van der Waals surface area contributed by atoms with Gasteiger partial charge in [0, 0.05) is 37.9 Å². The van der Waals surface area contributed by atoms with Crippen LogP contribution in [-0.4, -0.2) is 43.6 Å². The highest BCUT2D eigenvalue weighted by Gasteiger charge is 2.21. The molecule has 1 saturated heterocycles. The van der Waals surface area contributed by atoms with E-state index >= 15 is 0 Å². The molecule has 3 rings (SSSR count). The summed E-state index contributed by atoms with van der Waals surface area (Å²) in [7, 11) is 0. The number of carbonyl (C=O) groups excluding carboxylic acids is 1. The number of halogens is 3. The van der Waals surface area contributed by atoms with Crippen LogP contribution in [-0.2, 0) is 4.79 Å². The summed E-state index contributed by atoms with van der Waals surface area (Å²) >= 11 is 11.8. The van der Waals surface area contributed by atoms with Crippen molar-refractivity contribution in [2.75, 3.05) is 37.7 Å². The molecule has 2 aromatic carbocycles. The molecule has 0 aromatic heterocycles. The molecule has 0 bridgehead atoms. The van der Waals surface area contributed by atoms with Gasteiger partial charge in [-0.2, -0.15) is 0 Å². The SMILES string of the molecule is O=C(COc1ccc(Cl)c(Cl)c1)N1CCN(c2ccc(F)cc2)CC1. The van der Waals surface area contributed by atoms with Gasteiger partial charge in [-0.1, -0.05) is 23.2 Å². The van der Waals surface area contributed by atoms with Crippen molar-refractivity contribution in [2.24, 2.45) is 0 Å². The lowest BCUT2D eigenvalue weighted by molar-refractivity contribution is -0.133. The fourth-order valence-corrected chi connectivity index (χ4v) is 2.96. The van der Waals surface area contributed by atoms with E-state index in [2.05, 4.69) is 4.90 Å². The van der Waals surface area contributed by atoms with Crippen LogP contribution in [0.1, 0.15) is 0 Å². The third-order valence-corrected chi connectivity index (χ3v) is 4.82. The van der Waals surface area contributed by atoms with Crippen LogP contribution in [0.25, 0.3) is 0 Å². The third-order valence-electron chi connectivity index (χ3n) is 4.08. The van der Waals surface area contributed by atoms with Gasteiger partial charge in [0.1, 0.15) is 11.6 Å². The largest absolute Gasteiger partial charge is 0.484 e. The zero-order chi connectivity index (χ0) is 17.8. The predicted octanol–water partition coefficient (Wildman–Crippen LogP) is 3.86. The van der Waals surface area contributed by atoms with E-state index in [1.54, 1.807) is 35.2 Å². The summed E-state index contributed by atoms with van der Waals surface area (Å²) in [6.07, 6.45) is 0. The molecule has 2 aromatic rings. The molecule has 1 aliphatic heterocycles. The van der Waals surface area contributed by atoms with Gasteiger partial charge >= 0.3 is 0 Å². The average Bonchev–Trinajstić information content (AvgIpc) is 2.63. The van der Waals surface area contributed by atoms with Crippen molar-refractivity contribution in [2.45, 2.75) is 0 Å². The summed E-state index contributed by atoms with van der Waals surface area (Å²) in [6, 6.07) is 11.3. The quantitative estimate of drug-likeness (QED) is 0.804. The zero-order valence-electron chi connectivity index (χ0n) is 13.4. The molecule has 132 valence electrons. The molecule has 1 amide bonds. The van der Waals surface area contributed by atoms with Crippen LogP contribution in [0, 0.1) is 5.82 Å². The maximum Gasteiger partial charge on any atom is 0.260 e. The molecule has 1 aliphatic rings. The Hall–Kier alpha value is -1.98. The molecule has 0 spiro atoms. The Morgan fingerprint density at radius 3 is 2.32 bits per heavy atom. The van der Waals surface area contributed by atoms with E-state index in [1.807, 2.05) is 0 Å². The normalized spacial score (nSPS) is 14.5. The first-order chi connectivity index (χ1) is 12.0. The van der Waals surface area contributed by atoms with Crippen LogP contribution >= 0.6 is 23.2 Å². The van der Waals surface area contributed by atoms with E-state index in [4.69, 9.17) is 27.9 Å². The third kappa shape index (κ3) is 4.55. The Morgan fingerprint density at radius 2 is 1.68 bits per heavy atom. The first-order valence-corrected chi connectivity index (χ1v) is 8.64. The average molecular weight is 383 g/mol. The number of amides is 1. The summed E-state index contributed by atoms with van der Waals surface area (Å²) in [4.78, 5) is 16.2. The van der Waals surface area contributed by atoms with E-state index in [-0.39, 0.29) is 18.3 Å². The number of carbonyl (C=O) groups is 1. The minimum absolute atomic E-state index is 0.0471. The Kier molecular flexibility index (Phi) is 5.66. The standard InChI is InChI=1S/C18H17Cl2FN2O2/c19-16-6-5-15(11-17(16)20)25-12-18(24)23-9-7-22(8-10-23)14-3-1-13(21)2-4-14/h1-6,11H,7-10,12H2. The van der Waals surface area contributed by atoms with Crippen LogP contribution in [0.4, 0.5) is 10.1 Å². The second-order valence-electron chi connectivity index (χ2n) is 5.71. The summed E-state index contributed by atoms with van der Waals surface area (Å²) < 4.78 is 18.5. The second-order valence-corrected chi connectivity index (χ2v) is 6.52. The highest BCUT2D eigenvalue weighted by Crippen LogP contribution is 2.26. The molecule has 4 nitrogen and oxygen atoms in total. The molecule has 0 unspecified atom stereocenters. The van der Waals surface area contributed by atoms with E-state index in [0.717, 1.165) is 5.69 Å². The van der Waals surface area contributed by atoms with Crippen molar-refractivity contribution < 1.29 is 13.9 Å². The summed E-state index contributed by atoms with van der Waals surface area (Å²) in [5.41, 5.74) is 0.959. The predicted molar refractivity (Wildman–Crippen MR) is 97.2 cm³/mol. The van der Waals surface area contributed by atoms with Crippen molar-refractivity contribution >= 4 is 34.8 Å². The van der Waals surface area contributed by atoms with Crippen LogP contribution in [0.5, 0.6) is 5.75 Å². The maximum absolute atomic E-state index is 13.0. The molecule has 7 heteroatoms. The molecule has 0 radical (unpaired) electrons. The molecular weight excluding hydrogens is 366 g/mol. The fourth-order valence-electron chi connectivity index (χ4n) is 2.67. The highest BCUT2D eigenvalue weighted by atomic mass is 35.5. The van der Waals surface area contributed by atoms with Crippen LogP contribution in [0.2, 0.25) is 10.0 Å². The number of piperazine rings is 1. The second kappa shape index (κ2) is 7.93. The molecule has 1 fully saturated rings. The van der Waals surface area contributed by atoms with Gasteiger partial charge in [0.15, 0.2) is 6.61 Å². The van der Waals surface area contributed by atoms with Crippen molar-refractivity contribution in [3.05, 3.63) is 58.3 Å². The first kappa shape index (κ1) is 17.8. The van der Waals surface area contributed by atoms with Gasteiger partial charge in [-0.15, -0.1) is 0 Å². The lowest BCUT2D eigenvalue weighted by atomic mass is 10.2. The summed E-state index contributed by atoms with van der Waals surface area (Å²) in [5.74, 6) is 0.176. The van der Waals surface area contributed by atoms with Gasteiger partial charge in [-0.05, 0) is 36.4 Å². The van der Waals surface area contributed by atoms with Crippen LogP contribution in [0.15, 0.2) is 42.5 Å². The van der Waals surface area contributed by atoms with Crippen LogP contribution < -0.4 is 9.64 Å².